The molecule has 0 aliphatic rings. The Hall–Kier alpha value is -0.890. The fourth-order valence-electron chi connectivity index (χ4n) is 0.940. The number of benzene rings is 1. The molecule has 1 unspecified atom stereocenters. The van der Waals surface area contributed by atoms with E-state index in [9.17, 15) is 9.18 Å². The van der Waals surface area contributed by atoms with Gasteiger partial charge in [-0.3, -0.25) is 4.79 Å². The molecule has 0 aliphatic carbocycles. The van der Waals surface area contributed by atoms with Gasteiger partial charge in [-0.25, -0.2) is 4.39 Å². The first kappa shape index (κ1) is 12.2. The lowest BCUT2D eigenvalue weighted by atomic mass is 10.2. The molecular formula is C9H10FIN2O2. The first-order chi connectivity index (χ1) is 7.00. The number of carboxylic acid groups (broad SMARTS) is 1. The molecule has 0 fully saturated rings. The highest BCUT2D eigenvalue weighted by Crippen LogP contribution is 2.18. The Kier molecular flexibility index (Phi) is 4.28. The maximum Gasteiger partial charge on any atom is 0.322 e. The van der Waals surface area contributed by atoms with Gasteiger partial charge < -0.3 is 16.2 Å². The zero-order chi connectivity index (χ0) is 11.4. The minimum Gasteiger partial charge on any atom is -0.480 e. The average molecular weight is 324 g/mol. The average Bonchev–Trinajstić information content (AvgIpc) is 2.15. The maximum atomic E-state index is 12.7. The number of anilines is 1. The molecule has 0 aromatic heterocycles. The molecule has 1 aromatic carbocycles. The summed E-state index contributed by atoms with van der Waals surface area (Å²) in [4.78, 5) is 10.4. The molecule has 0 bridgehead atoms. The minimum absolute atomic E-state index is 0.108. The van der Waals surface area contributed by atoms with Crippen LogP contribution in [0.2, 0.25) is 0 Å². The van der Waals surface area contributed by atoms with E-state index in [0.717, 1.165) is 0 Å². The van der Waals surface area contributed by atoms with E-state index in [4.69, 9.17) is 10.8 Å². The molecule has 15 heavy (non-hydrogen) atoms. The molecule has 1 rings (SSSR count). The molecule has 4 N–H and O–H groups in total. The molecule has 6 heteroatoms. The van der Waals surface area contributed by atoms with Crippen molar-refractivity contribution in [1.82, 2.24) is 0 Å². The van der Waals surface area contributed by atoms with Crippen LogP contribution in [0, 0.1) is 9.39 Å². The van der Waals surface area contributed by atoms with E-state index in [1.807, 2.05) is 22.6 Å². The van der Waals surface area contributed by atoms with Crippen molar-refractivity contribution in [3.63, 3.8) is 0 Å². The Labute approximate surface area is 99.8 Å². The van der Waals surface area contributed by atoms with Crippen LogP contribution in [0.5, 0.6) is 0 Å². The number of rotatable bonds is 4. The number of aliphatic carboxylic acids is 1. The van der Waals surface area contributed by atoms with Crippen molar-refractivity contribution >= 4 is 34.2 Å². The lowest BCUT2D eigenvalue weighted by Crippen LogP contribution is -2.37. The van der Waals surface area contributed by atoms with Crippen molar-refractivity contribution in [1.29, 1.82) is 0 Å². The van der Waals surface area contributed by atoms with Gasteiger partial charge in [0.1, 0.15) is 11.9 Å². The predicted octanol–water partition coefficient (Wildman–Crippen LogP) is 1.25. The second-order valence-corrected chi connectivity index (χ2v) is 4.11. The summed E-state index contributed by atoms with van der Waals surface area (Å²) in [5, 5.41) is 11.4. The van der Waals surface area contributed by atoms with E-state index in [-0.39, 0.29) is 12.4 Å². The van der Waals surface area contributed by atoms with Crippen molar-refractivity contribution in [2.45, 2.75) is 6.04 Å². The van der Waals surface area contributed by atoms with Crippen molar-refractivity contribution in [3.8, 4) is 0 Å². The highest BCUT2D eigenvalue weighted by Gasteiger charge is 2.11. The van der Waals surface area contributed by atoms with E-state index in [2.05, 4.69) is 5.32 Å². The molecule has 0 amide bonds. The Morgan fingerprint density at radius 3 is 2.87 bits per heavy atom. The summed E-state index contributed by atoms with van der Waals surface area (Å²) < 4.78 is 13.4. The summed E-state index contributed by atoms with van der Waals surface area (Å²) in [6.07, 6.45) is 0. The molecule has 0 spiro atoms. The van der Waals surface area contributed by atoms with Gasteiger partial charge in [0.25, 0.3) is 0 Å². The van der Waals surface area contributed by atoms with Crippen LogP contribution in [0.15, 0.2) is 18.2 Å². The van der Waals surface area contributed by atoms with Crippen LogP contribution in [-0.2, 0) is 4.79 Å². The Balaban J connectivity index is 2.62. The summed E-state index contributed by atoms with van der Waals surface area (Å²) >= 11 is 1.96. The summed E-state index contributed by atoms with van der Waals surface area (Å²) in [5.41, 5.74) is 5.98. The lowest BCUT2D eigenvalue weighted by Gasteiger charge is -2.11. The molecular weight excluding hydrogens is 314 g/mol. The Morgan fingerprint density at radius 1 is 1.67 bits per heavy atom. The molecule has 0 saturated carbocycles. The second-order valence-electron chi connectivity index (χ2n) is 2.95. The zero-order valence-electron chi connectivity index (χ0n) is 7.71. The van der Waals surface area contributed by atoms with E-state index in [1.165, 1.54) is 12.1 Å². The second kappa shape index (κ2) is 5.26. The standard InChI is InChI=1S/C9H10FIN2O2/c10-5-1-2-8(6(11)3-5)13-4-7(12)9(14)15/h1-3,7,13H,4,12H2,(H,14,15). The smallest absolute Gasteiger partial charge is 0.322 e. The molecule has 0 heterocycles. The first-order valence-corrected chi connectivity index (χ1v) is 5.26. The van der Waals surface area contributed by atoms with Gasteiger partial charge in [0.15, 0.2) is 0 Å². The number of carbonyl (C=O) groups is 1. The normalized spacial score (nSPS) is 12.2. The number of nitrogens with two attached hydrogens (primary N) is 1. The number of hydrogen-bond acceptors (Lipinski definition) is 3. The zero-order valence-corrected chi connectivity index (χ0v) is 9.86. The summed E-state index contributed by atoms with van der Waals surface area (Å²) in [6, 6.07) is 3.24. The van der Waals surface area contributed by atoms with Gasteiger partial charge in [-0.05, 0) is 40.8 Å². The van der Waals surface area contributed by atoms with Crippen LogP contribution in [0.25, 0.3) is 0 Å². The van der Waals surface area contributed by atoms with Gasteiger partial charge in [-0.1, -0.05) is 0 Å². The van der Waals surface area contributed by atoms with Gasteiger partial charge in [0.2, 0.25) is 0 Å². The Morgan fingerprint density at radius 2 is 2.33 bits per heavy atom. The minimum atomic E-state index is -1.07. The fraction of sp³-hybridized carbons (Fsp3) is 0.222. The van der Waals surface area contributed by atoms with Crippen LogP contribution in [0.3, 0.4) is 0 Å². The largest absolute Gasteiger partial charge is 0.480 e. The van der Waals surface area contributed by atoms with Crippen molar-refractivity contribution in [2.24, 2.45) is 5.73 Å². The molecule has 1 aromatic rings. The number of halogens is 2. The molecule has 0 aliphatic heterocycles. The topological polar surface area (TPSA) is 75.3 Å². The highest BCUT2D eigenvalue weighted by atomic mass is 127. The predicted molar refractivity (Wildman–Crippen MR) is 63.2 cm³/mol. The highest BCUT2D eigenvalue weighted by molar-refractivity contribution is 14.1. The van der Waals surface area contributed by atoms with Crippen molar-refractivity contribution < 1.29 is 14.3 Å². The van der Waals surface area contributed by atoms with Gasteiger partial charge >= 0.3 is 5.97 Å². The van der Waals surface area contributed by atoms with E-state index in [1.54, 1.807) is 6.07 Å². The lowest BCUT2D eigenvalue weighted by molar-refractivity contribution is -0.138. The third-order valence-electron chi connectivity index (χ3n) is 1.76. The summed E-state index contributed by atoms with van der Waals surface area (Å²) in [7, 11) is 0. The number of hydrogen-bond donors (Lipinski definition) is 3. The maximum absolute atomic E-state index is 12.7. The molecule has 0 radical (unpaired) electrons. The van der Waals surface area contributed by atoms with E-state index < -0.39 is 12.0 Å². The molecule has 1 atom stereocenters. The molecule has 0 saturated heterocycles. The third-order valence-corrected chi connectivity index (χ3v) is 2.65. The SMILES string of the molecule is NC(CNc1ccc(F)cc1I)C(=O)O. The molecule has 4 nitrogen and oxygen atoms in total. The van der Waals surface area contributed by atoms with E-state index in [0.29, 0.717) is 9.26 Å². The van der Waals surface area contributed by atoms with Gasteiger partial charge in [-0.15, -0.1) is 0 Å². The van der Waals surface area contributed by atoms with Crippen LogP contribution < -0.4 is 11.1 Å². The van der Waals surface area contributed by atoms with Crippen LogP contribution in [0.4, 0.5) is 10.1 Å². The van der Waals surface area contributed by atoms with Gasteiger partial charge in [0, 0.05) is 15.8 Å². The first-order valence-electron chi connectivity index (χ1n) is 4.18. The summed E-state index contributed by atoms with van der Waals surface area (Å²) in [6.45, 7) is 0.108. The number of nitrogens with one attached hydrogen (secondary N) is 1. The van der Waals surface area contributed by atoms with Gasteiger partial charge in [0.05, 0.1) is 0 Å². The summed E-state index contributed by atoms with van der Waals surface area (Å²) in [5.74, 6) is -1.40. The van der Waals surface area contributed by atoms with E-state index >= 15 is 0 Å². The number of carboxylic acids is 1. The van der Waals surface area contributed by atoms with Crippen molar-refractivity contribution in [2.75, 3.05) is 11.9 Å². The monoisotopic (exact) mass is 324 g/mol. The van der Waals surface area contributed by atoms with Gasteiger partial charge in [-0.2, -0.15) is 0 Å². The molecule has 82 valence electrons. The Bertz CT molecular complexity index is 373. The third kappa shape index (κ3) is 3.63. The quantitative estimate of drug-likeness (QED) is 0.729. The fourth-order valence-corrected chi connectivity index (χ4v) is 1.61. The van der Waals surface area contributed by atoms with Crippen LogP contribution in [-0.4, -0.2) is 23.7 Å². The van der Waals surface area contributed by atoms with Crippen LogP contribution in [0.1, 0.15) is 0 Å². The van der Waals surface area contributed by atoms with Crippen LogP contribution >= 0.6 is 22.6 Å². The van der Waals surface area contributed by atoms with Crippen molar-refractivity contribution in [3.05, 3.63) is 27.6 Å².